The third kappa shape index (κ3) is 5.81. The molecule has 0 aliphatic heterocycles. The molecule has 1 atom stereocenters. The summed E-state index contributed by atoms with van der Waals surface area (Å²) in [7, 11) is -3.80. The number of rotatable bonds is 7. The van der Waals surface area contributed by atoms with Gasteiger partial charge in [-0.3, -0.25) is 9.52 Å². The molecule has 0 radical (unpaired) electrons. The minimum Gasteiger partial charge on any atom is -0.481 e. The van der Waals surface area contributed by atoms with E-state index in [0.29, 0.717) is 22.1 Å². The zero-order valence-electron chi connectivity index (χ0n) is 18.3. The zero-order valence-corrected chi connectivity index (χ0v) is 19.8. The van der Waals surface area contributed by atoms with Crippen molar-refractivity contribution in [2.24, 2.45) is 0 Å². The number of ether oxygens (including phenoxy) is 1. The Kier molecular flexibility index (Phi) is 7.11. The summed E-state index contributed by atoms with van der Waals surface area (Å²) >= 11 is 6.06. The van der Waals surface area contributed by atoms with Gasteiger partial charge in [0.1, 0.15) is 5.75 Å². The van der Waals surface area contributed by atoms with Crippen LogP contribution in [0.25, 0.3) is 0 Å². The first-order valence-electron chi connectivity index (χ1n) is 9.99. The average molecular weight is 473 g/mol. The molecule has 6 nitrogen and oxygen atoms in total. The minimum atomic E-state index is -3.80. The Bertz CT molecular complexity index is 1240. The second-order valence-electron chi connectivity index (χ2n) is 7.61. The fourth-order valence-corrected chi connectivity index (χ4v) is 4.24. The lowest BCUT2D eigenvalue weighted by atomic mass is 10.1. The van der Waals surface area contributed by atoms with Crippen molar-refractivity contribution < 1.29 is 17.9 Å². The van der Waals surface area contributed by atoms with Gasteiger partial charge in [-0.2, -0.15) is 0 Å². The Balaban J connectivity index is 1.65. The van der Waals surface area contributed by atoms with Crippen LogP contribution >= 0.6 is 11.6 Å². The zero-order chi connectivity index (χ0) is 23.5. The van der Waals surface area contributed by atoms with Crippen LogP contribution in [0.3, 0.4) is 0 Å². The van der Waals surface area contributed by atoms with E-state index in [1.165, 1.54) is 24.3 Å². The monoisotopic (exact) mass is 472 g/mol. The molecule has 0 aliphatic rings. The predicted octanol–water partition coefficient (Wildman–Crippen LogP) is 5.47. The van der Waals surface area contributed by atoms with E-state index in [1.807, 2.05) is 39.0 Å². The van der Waals surface area contributed by atoms with Crippen LogP contribution in [0.5, 0.6) is 5.75 Å². The van der Waals surface area contributed by atoms with Gasteiger partial charge in [0.05, 0.1) is 10.6 Å². The molecule has 3 aromatic rings. The summed E-state index contributed by atoms with van der Waals surface area (Å²) in [6.07, 6.45) is -0.729. The summed E-state index contributed by atoms with van der Waals surface area (Å²) in [6, 6.07) is 16.6. The standard InChI is InChI=1S/C24H25ClN2O4S/c1-15-5-12-23(17(3)13-15)31-18(4)24(28)26-19-8-10-21(11-9-19)32(29,30)27-20-7-6-16(2)22(25)14-20/h5-14,18,27H,1-4H3,(H,26,28)/t18-/m0/s1. The number of anilines is 2. The van der Waals surface area contributed by atoms with Crippen LogP contribution in [0, 0.1) is 20.8 Å². The van der Waals surface area contributed by atoms with E-state index in [-0.39, 0.29) is 10.8 Å². The highest BCUT2D eigenvalue weighted by atomic mass is 35.5. The molecule has 3 rings (SSSR count). The van der Waals surface area contributed by atoms with Crippen molar-refractivity contribution >= 4 is 38.9 Å². The normalized spacial score (nSPS) is 12.2. The molecule has 0 aliphatic carbocycles. The first-order valence-corrected chi connectivity index (χ1v) is 11.8. The molecule has 1 amide bonds. The van der Waals surface area contributed by atoms with E-state index in [1.54, 1.807) is 25.1 Å². The Morgan fingerprint density at radius 2 is 1.56 bits per heavy atom. The van der Waals surface area contributed by atoms with Crippen molar-refractivity contribution in [1.82, 2.24) is 0 Å². The highest BCUT2D eigenvalue weighted by Gasteiger charge is 2.18. The molecule has 32 heavy (non-hydrogen) atoms. The van der Waals surface area contributed by atoms with Gasteiger partial charge >= 0.3 is 0 Å². The SMILES string of the molecule is Cc1ccc(O[C@@H](C)C(=O)Nc2ccc(S(=O)(=O)Nc3ccc(C)c(Cl)c3)cc2)c(C)c1. The van der Waals surface area contributed by atoms with Crippen LogP contribution in [-0.2, 0) is 14.8 Å². The summed E-state index contributed by atoms with van der Waals surface area (Å²) in [5.41, 5.74) is 3.74. The fourth-order valence-electron chi connectivity index (χ4n) is 3.01. The number of hydrogen-bond donors (Lipinski definition) is 2. The quantitative estimate of drug-likeness (QED) is 0.477. The molecular formula is C24H25ClN2O4S. The summed E-state index contributed by atoms with van der Waals surface area (Å²) in [4.78, 5) is 12.6. The van der Waals surface area contributed by atoms with Crippen molar-refractivity contribution in [3.63, 3.8) is 0 Å². The van der Waals surface area contributed by atoms with E-state index in [4.69, 9.17) is 16.3 Å². The molecule has 0 saturated heterocycles. The molecule has 0 saturated carbocycles. The molecule has 168 valence electrons. The van der Waals surface area contributed by atoms with Gasteiger partial charge in [-0.05, 0) is 81.3 Å². The molecule has 0 aromatic heterocycles. The summed E-state index contributed by atoms with van der Waals surface area (Å²) in [6.45, 7) is 7.40. The fraction of sp³-hybridized carbons (Fsp3) is 0.208. The van der Waals surface area contributed by atoms with Gasteiger partial charge in [-0.25, -0.2) is 8.42 Å². The maximum absolute atomic E-state index is 12.6. The van der Waals surface area contributed by atoms with Gasteiger partial charge in [-0.1, -0.05) is 35.4 Å². The first-order chi connectivity index (χ1) is 15.0. The summed E-state index contributed by atoms with van der Waals surface area (Å²) in [5.74, 6) is 0.301. The number of sulfonamides is 1. The first kappa shape index (κ1) is 23.6. The Labute approximate surface area is 193 Å². The minimum absolute atomic E-state index is 0.0618. The van der Waals surface area contributed by atoms with E-state index in [9.17, 15) is 13.2 Å². The molecular weight excluding hydrogens is 448 g/mol. The molecule has 0 unspecified atom stereocenters. The van der Waals surface area contributed by atoms with Crippen LogP contribution in [0.2, 0.25) is 5.02 Å². The Morgan fingerprint density at radius 3 is 2.19 bits per heavy atom. The Morgan fingerprint density at radius 1 is 0.906 bits per heavy atom. The van der Waals surface area contributed by atoms with E-state index < -0.39 is 16.1 Å². The second-order valence-corrected chi connectivity index (χ2v) is 9.70. The van der Waals surface area contributed by atoms with E-state index in [0.717, 1.165) is 16.7 Å². The van der Waals surface area contributed by atoms with Gasteiger partial charge in [0, 0.05) is 10.7 Å². The third-order valence-corrected chi connectivity index (χ3v) is 6.66. The van der Waals surface area contributed by atoms with Gasteiger partial charge in [0.15, 0.2) is 6.10 Å². The number of carbonyl (C=O) groups excluding carboxylic acids is 1. The lowest BCUT2D eigenvalue weighted by molar-refractivity contribution is -0.122. The summed E-state index contributed by atoms with van der Waals surface area (Å²) < 4.78 is 33.5. The lowest BCUT2D eigenvalue weighted by Gasteiger charge is -2.17. The number of halogens is 1. The molecule has 0 heterocycles. The highest BCUT2D eigenvalue weighted by Crippen LogP contribution is 2.24. The van der Waals surface area contributed by atoms with Crippen molar-refractivity contribution in [2.45, 2.75) is 38.7 Å². The van der Waals surface area contributed by atoms with Crippen LogP contribution in [0.15, 0.2) is 65.6 Å². The van der Waals surface area contributed by atoms with Crippen molar-refractivity contribution in [3.8, 4) is 5.75 Å². The number of aryl methyl sites for hydroxylation is 3. The molecule has 2 N–H and O–H groups in total. The number of benzene rings is 3. The molecule has 0 bridgehead atoms. The van der Waals surface area contributed by atoms with Crippen LogP contribution in [0.4, 0.5) is 11.4 Å². The van der Waals surface area contributed by atoms with E-state index in [2.05, 4.69) is 10.0 Å². The van der Waals surface area contributed by atoms with Gasteiger partial charge in [0.25, 0.3) is 15.9 Å². The number of nitrogens with one attached hydrogen (secondary N) is 2. The molecule has 3 aromatic carbocycles. The predicted molar refractivity (Wildman–Crippen MR) is 128 cm³/mol. The van der Waals surface area contributed by atoms with Crippen molar-refractivity contribution in [2.75, 3.05) is 10.0 Å². The Hall–Kier alpha value is -3.03. The topological polar surface area (TPSA) is 84.5 Å². The smallest absolute Gasteiger partial charge is 0.265 e. The molecule has 0 spiro atoms. The number of carbonyl (C=O) groups is 1. The van der Waals surface area contributed by atoms with Crippen LogP contribution in [0.1, 0.15) is 23.6 Å². The van der Waals surface area contributed by atoms with Crippen molar-refractivity contribution in [1.29, 1.82) is 0 Å². The summed E-state index contributed by atoms with van der Waals surface area (Å²) in [5, 5.41) is 3.21. The lowest BCUT2D eigenvalue weighted by Crippen LogP contribution is -2.30. The van der Waals surface area contributed by atoms with Crippen LogP contribution in [-0.4, -0.2) is 20.4 Å². The third-order valence-electron chi connectivity index (χ3n) is 4.86. The van der Waals surface area contributed by atoms with E-state index >= 15 is 0 Å². The maximum Gasteiger partial charge on any atom is 0.265 e. The number of amides is 1. The van der Waals surface area contributed by atoms with Crippen molar-refractivity contribution in [3.05, 3.63) is 82.4 Å². The average Bonchev–Trinajstić information content (AvgIpc) is 2.73. The van der Waals surface area contributed by atoms with Crippen LogP contribution < -0.4 is 14.8 Å². The largest absolute Gasteiger partial charge is 0.481 e. The molecule has 0 fully saturated rings. The van der Waals surface area contributed by atoms with Gasteiger partial charge < -0.3 is 10.1 Å². The van der Waals surface area contributed by atoms with Gasteiger partial charge in [-0.15, -0.1) is 0 Å². The number of hydrogen-bond acceptors (Lipinski definition) is 4. The van der Waals surface area contributed by atoms with Gasteiger partial charge in [0.2, 0.25) is 0 Å². The maximum atomic E-state index is 12.6. The second kappa shape index (κ2) is 9.63. The molecule has 8 heteroatoms. The highest BCUT2D eigenvalue weighted by molar-refractivity contribution is 7.92.